The summed E-state index contributed by atoms with van der Waals surface area (Å²) in [5, 5.41) is 9.88. The Morgan fingerprint density at radius 3 is 2.72 bits per heavy atom. The Morgan fingerprint density at radius 1 is 1.28 bits per heavy atom. The van der Waals surface area contributed by atoms with Gasteiger partial charge in [-0.15, -0.1) is 0 Å². The van der Waals surface area contributed by atoms with Gasteiger partial charge in [0.2, 0.25) is 0 Å². The second-order valence-electron chi connectivity index (χ2n) is 5.58. The molecular formula is C15H23NOS. The number of para-hydroxylation sites is 1. The van der Waals surface area contributed by atoms with Crippen LogP contribution in [0.4, 0.5) is 5.69 Å². The van der Waals surface area contributed by atoms with Crippen molar-refractivity contribution in [1.82, 2.24) is 0 Å². The molecule has 1 saturated heterocycles. The molecule has 3 heteroatoms. The molecule has 1 aromatic carbocycles. The Kier molecular flexibility index (Phi) is 4.23. The Bertz CT molecular complexity index is 403. The molecule has 0 aromatic heterocycles. The molecule has 0 saturated carbocycles. The number of thioether (sulfide) groups is 1. The molecule has 0 aliphatic carbocycles. The molecule has 1 fully saturated rings. The topological polar surface area (TPSA) is 23.5 Å². The smallest absolute Gasteiger partial charge is 0.0781 e. The van der Waals surface area contributed by atoms with E-state index in [1.165, 1.54) is 12.1 Å². The van der Waals surface area contributed by atoms with Crippen LogP contribution in [-0.2, 0) is 0 Å². The molecule has 1 atom stereocenters. The number of anilines is 1. The van der Waals surface area contributed by atoms with Gasteiger partial charge >= 0.3 is 0 Å². The number of benzene rings is 1. The van der Waals surface area contributed by atoms with Crippen molar-refractivity contribution in [3.63, 3.8) is 0 Å². The van der Waals surface area contributed by atoms with Crippen LogP contribution < -0.4 is 4.90 Å². The van der Waals surface area contributed by atoms with Gasteiger partial charge < -0.3 is 10.0 Å². The molecule has 0 bridgehead atoms. The van der Waals surface area contributed by atoms with E-state index in [0.29, 0.717) is 4.75 Å². The number of rotatable bonds is 2. The normalized spacial score (nSPS) is 21.4. The average Bonchev–Trinajstić information content (AvgIpc) is 2.50. The highest BCUT2D eigenvalue weighted by molar-refractivity contribution is 8.00. The summed E-state index contributed by atoms with van der Waals surface area (Å²) in [6.07, 6.45) is 0.788. The molecule has 1 aliphatic rings. The first-order chi connectivity index (χ1) is 8.49. The third-order valence-electron chi connectivity index (χ3n) is 3.57. The van der Waals surface area contributed by atoms with Crippen LogP contribution in [0.1, 0.15) is 38.9 Å². The van der Waals surface area contributed by atoms with Crippen molar-refractivity contribution < 1.29 is 5.11 Å². The fourth-order valence-electron chi connectivity index (χ4n) is 2.39. The molecule has 2 nitrogen and oxygen atoms in total. The molecule has 18 heavy (non-hydrogen) atoms. The van der Waals surface area contributed by atoms with Gasteiger partial charge in [0.25, 0.3) is 0 Å². The molecule has 1 heterocycles. The van der Waals surface area contributed by atoms with E-state index < -0.39 is 6.10 Å². The minimum Gasteiger partial charge on any atom is -0.389 e. The average molecular weight is 265 g/mol. The van der Waals surface area contributed by atoms with Gasteiger partial charge in [-0.2, -0.15) is 11.8 Å². The summed E-state index contributed by atoms with van der Waals surface area (Å²) in [7, 11) is 0. The van der Waals surface area contributed by atoms with Gasteiger partial charge in [-0.05, 0) is 19.4 Å². The van der Waals surface area contributed by atoms with Crippen molar-refractivity contribution >= 4 is 17.4 Å². The van der Waals surface area contributed by atoms with Crippen molar-refractivity contribution in [3.05, 3.63) is 29.8 Å². The predicted octanol–water partition coefficient (Wildman–Crippen LogP) is 3.46. The largest absolute Gasteiger partial charge is 0.389 e. The predicted molar refractivity (Wildman–Crippen MR) is 80.4 cm³/mol. The van der Waals surface area contributed by atoms with E-state index in [0.717, 1.165) is 24.4 Å². The van der Waals surface area contributed by atoms with Crippen molar-refractivity contribution in [2.24, 2.45) is 0 Å². The quantitative estimate of drug-likeness (QED) is 0.886. The third kappa shape index (κ3) is 3.21. The van der Waals surface area contributed by atoms with Crippen molar-refractivity contribution in [2.45, 2.75) is 38.0 Å². The second-order valence-corrected chi connectivity index (χ2v) is 7.38. The van der Waals surface area contributed by atoms with Crippen molar-refractivity contribution in [2.75, 3.05) is 23.7 Å². The van der Waals surface area contributed by atoms with E-state index in [-0.39, 0.29) is 0 Å². The summed E-state index contributed by atoms with van der Waals surface area (Å²) < 4.78 is 0.370. The van der Waals surface area contributed by atoms with Crippen LogP contribution in [0.25, 0.3) is 0 Å². The van der Waals surface area contributed by atoms with Crippen molar-refractivity contribution in [3.8, 4) is 0 Å². The number of hydrogen-bond acceptors (Lipinski definition) is 3. The van der Waals surface area contributed by atoms with Gasteiger partial charge in [0.15, 0.2) is 0 Å². The number of aliphatic hydroxyl groups is 1. The minimum absolute atomic E-state index is 0.370. The van der Waals surface area contributed by atoms with Gasteiger partial charge in [0, 0.05) is 34.8 Å². The monoisotopic (exact) mass is 265 g/mol. The Balaban J connectivity index is 2.21. The maximum absolute atomic E-state index is 9.88. The van der Waals surface area contributed by atoms with Gasteiger partial charge in [-0.1, -0.05) is 32.0 Å². The van der Waals surface area contributed by atoms with Crippen LogP contribution in [0, 0.1) is 0 Å². The SMILES string of the molecule is C[C@H](O)c1ccccc1N1CCSC(C)(C)CC1. The lowest BCUT2D eigenvalue weighted by Gasteiger charge is -2.27. The molecule has 1 aromatic rings. The van der Waals surface area contributed by atoms with Gasteiger partial charge in [-0.25, -0.2) is 0 Å². The molecule has 0 amide bonds. The van der Waals surface area contributed by atoms with E-state index in [9.17, 15) is 5.11 Å². The molecule has 0 spiro atoms. The minimum atomic E-state index is -0.398. The standard InChI is InChI=1S/C15H23NOS/c1-12(17)13-6-4-5-7-14(13)16-9-8-15(2,3)18-11-10-16/h4-7,12,17H,8-11H2,1-3H3/t12-/m0/s1. The van der Waals surface area contributed by atoms with Crippen LogP contribution >= 0.6 is 11.8 Å². The second kappa shape index (κ2) is 5.54. The molecule has 2 rings (SSSR count). The van der Waals surface area contributed by atoms with Crippen LogP contribution in [0.5, 0.6) is 0 Å². The molecular weight excluding hydrogens is 242 g/mol. The summed E-state index contributed by atoms with van der Waals surface area (Å²) in [6.45, 7) is 8.63. The summed E-state index contributed by atoms with van der Waals surface area (Å²) in [6, 6.07) is 8.22. The first-order valence-corrected chi connectivity index (χ1v) is 7.64. The van der Waals surface area contributed by atoms with Gasteiger partial charge in [0.1, 0.15) is 0 Å². The van der Waals surface area contributed by atoms with Crippen molar-refractivity contribution in [1.29, 1.82) is 0 Å². The van der Waals surface area contributed by atoms with E-state index in [4.69, 9.17) is 0 Å². The maximum atomic E-state index is 9.88. The van der Waals surface area contributed by atoms with Gasteiger partial charge in [-0.3, -0.25) is 0 Å². The number of aliphatic hydroxyl groups excluding tert-OH is 1. The van der Waals surface area contributed by atoms with Crippen LogP contribution in [0.3, 0.4) is 0 Å². The zero-order chi connectivity index (χ0) is 13.2. The Labute approximate surface area is 114 Å². The van der Waals surface area contributed by atoms with Gasteiger partial charge in [0.05, 0.1) is 6.10 Å². The fourth-order valence-corrected chi connectivity index (χ4v) is 3.49. The number of hydrogen-bond donors (Lipinski definition) is 1. The Hall–Kier alpha value is -0.670. The summed E-state index contributed by atoms with van der Waals surface area (Å²) in [4.78, 5) is 2.42. The fraction of sp³-hybridized carbons (Fsp3) is 0.600. The maximum Gasteiger partial charge on any atom is 0.0781 e. The summed E-state index contributed by atoms with van der Waals surface area (Å²) in [5.41, 5.74) is 2.24. The lowest BCUT2D eigenvalue weighted by atomic mass is 10.1. The van der Waals surface area contributed by atoms with Crippen LogP contribution in [0.15, 0.2) is 24.3 Å². The van der Waals surface area contributed by atoms with Crippen LogP contribution in [0.2, 0.25) is 0 Å². The molecule has 0 radical (unpaired) electrons. The molecule has 0 unspecified atom stereocenters. The van der Waals surface area contributed by atoms with E-state index in [1.54, 1.807) is 0 Å². The molecule has 100 valence electrons. The summed E-state index contributed by atoms with van der Waals surface area (Å²) >= 11 is 2.05. The lowest BCUT2D eigenvalue weighted by molar-refractivity contribution is 0.199. The number of nitrogens with zero attached hydrogens (tertiary/aromatic N) is 1. The van der Waals surface area contributed by atoms with E-state index >= 15 is 0 Å². The van der Waals surface area contributed by atoms with E-state index in [2.05, 4.69) is 30.9 Å². The first kappa shape index (κ1) is 13.8. The van der Waals surface area contributed by atoms with E-state index in [1.807, 2.05) is 30.8 Å². The van der Waals surface area contributed by atoms with Crippen LogP contribution in [-0.4, -0.2) is 28.7 Å². The zero-order valence-corrected chi connectivity index (χ0v) is 12.3. The molecule has 1 N–H and O–H groups in total. The zero-order valence-electron chi connectivity index (χ0n) is 11.5. The highest BCUT2D eigenvalue weighted by Gasteiger charge is 2.24. The highest BCUT2D eigenvalue weighted by atomic mass is 32.2. The summed E-state index contributed by atoms with van der Waals surface area (Å²) in [5.74, 6) is 1.15. The lowest BCUT2D eigenvalue weighted by Crippen LogP contribution is -2.28. The Morgan fingerprint density at radius 2 is 2.00 bits per heavy atom. The molecule has 1 aliphatic heterocycles. The first-order valence-electron chi connectivity index (χ1n) is 6.65. The highest BCUT2D eigenvalue weighted by Crippen LogP contribution is 2.34. The third-order valence-corrected chi connectivity index (χ3v) is 4.94.